The number of hydrogen-bond acceptors (Lipinski definition) is 5. The third-order valence-electron chi connectivity index (χ3n) is 3.28. The van der Waals surface area contributed by atoms with Crippen molar-refractivity contribution in [2.45, 2.75) is 40.2 Å². The van der Waals surface area contributed by atoms with Gasteiger partial charge in [0.2, 0.25) is 0 Å². The maximum Gasteiger partial charge on any atom is 0.341 e. The molecular weight excluding hydrogens is 270 g/mol. The third-order valence-corrected chi connectivity index (χ3v) is 3.28. The number of aromatic nitrogens is 5. The van der Waals surface area contributed by atoms with E-state index in [1.165, 1.54) is 6.20 Å². The lowest BCUT2D eigenvalue weighted by Gasteiger charge is -2.08. The quantitative estimate of drug-likeness (QED) is 0.751. The Balaban J connectivity index is 2.33. The van der Waals surface area contributed by atoms with Gasteiger partial charge in [-0.25, -0.2) is 14.5 Å². The number of ether oxygens (including phenoxy) is 1. The Morgan fingerprint density at radius 1 is 1.29 bits per heavy atom. The van der Waals surface area contributed by atoms with E-state index in [1.54, 1.807) is 18.7 Å². The van der Waals surface area contributed by atoms with Crippen molar-refractivity contribution in [3.05, 3.63) is 29.1 Å². The zero-order valence-corrected chi connectivity index (χ0v) is 13.0. The van der Waals surface area contributed by atoms with Gasteiger partial charge in [-0.2, -0.15) is 10.2 Å². The lowest BCUT2D eigenvalue weighted by molar-refractivity contribution is 0.0524. The first kappa shape index (κ1) is 15.2. The van der Waals surface area contributed by atoms with Crippen LogP contribution in [0.15, 0.2) is 6.20 Å². The maximum atomic E-state index is 12.0. The molecule has 0 aromatic carbocycles. The lowest BCUT2D eigenvalue weighted by Crippen LogP contribution is -2.14. The second-order valence-corrected chi connectivity index (χ2v) is 4.66. The van der Waals surface area contributed by atoms with Gasteiger partial charge in [0.25, 0.3) is 0 Å². The van der Waals surface area contributed by atoms with E-state index in [0.29, 0.717) is 18.7 Å². The molecule has 21 heavy (non-hydrogen) atoms. The van der Waals surface area contributed by atoms with Gasteiger partial charge in [0.05, 0.1) is 25.0 Å². The predicted octanol–water partition coefficient (Wildman–Crippen LogP) is 1.36. The zero-order chi connectivity index (χ0) is 15.4. The van der Waals surface area contributed by atoms with Crippen LogP contribution in [0, 0.1) is 0 Å². The van der Waals surface area contributed by atoms with Gasteiger partial charge < -0.3 is 4.74 Å². The molecule has 0 radical (unpaired) electrons. The van der Waals surface area contributed by atoms with Crippen LogP contribution in [0.2, 0.25) is 0 Å². The molecule has 7 heteroatoms. The smallest absolute Gasteiger partial charge is 0.341 e. The Kier molecular flexibility index (Phi) is 4.72. The first-order valence-electron chi connectivity index (χ1n) is 7.21. The minimum atomic E-state index is -0.352. The van der Waals surface area contributed by atoms with Crippen molar-refractivity contribution in [2.75, 3.05) is 6.61 Å². The largest absolute Gasteiger partial charge is 0.462 e. The molecule has 2 aromatic rings. The van der Waals surface area contributed by atoms with E-state index >= 15 is 0 Å². The van der Waals surface area contributed by atoms with E-state index in [2.05, 4.69) is 15.2 Å². The van der Waals surface area contributed by atoms with Crippen molar-refractivity contribution < 1.29 is 9.53 Å². The molecule has 0 fully saturated rings. The summed E-state index contributed by atoms with van der Waals surface area (Å²) in [5.41, 5.74) is 1.26. The summed E-state index contributed by atoms with van der Waals surface area (Å²) in [5, 5.41) is 8.63. The SMILES string of the molecule is CCOC(=O)c1cnn(C)c1Cn1nc(CC)nc1CC. The molecule has 0 saturated heterocycles. The number of esters is 1. The highest BCUT2D eigenvalue weighted by molar-refractivity contribution is 5.90. The van der Waals surface area contributed by atoms with Gasteiger partial charge >= 0.3 is 5.97 Å². The number of rotatable bonds is 6. The summed E-state index contributed by atoms with van der Waals surface area (Å²) in [5.74, 6) is 1.36. The normalized spacial score (nSPS) is 10.9. The number of aryl methyl sites for hydroxylation is 3. The summed E-state index contributed by atoms with van der Waals surface area (Å²) in [6.07, 6.45) is 3.12. The van der Waals surface area contributed by atoms with Crippen LogP contribution in [-0.2, 0) is 31.2 Å². The fourth-order valence-electron chi connectivity index (χ4n) is 2.14. The molecule has 0 bridgehead atoms. The van der Waals surface area contributed by atoms with Crippen LogP contribution in [0.3, 0.4) is 0 Å². The van der Waals surface area contributed by atoms with Gasteiger partial charge in [-0.3, -0.25) is 4.68 Å². The van der Waals surface area contributed by atoms with Gasteiger partial charge in [0.1, 0.15) is 11.4 Å². The predicted molar refractivity (Wildman–Crippen MR) is 77.0 cm³/mol. The summed E-state index contributed by atoms with van der Waals surface area (Å²) in [7, 11) is 1.81. The highest BCUT2D eigenvalue weighted by Gasteiger charge is 2.19. The van der Waals surface area contributed by atoms with Crippen LogP contribution in [-0.4, -0.2) is 37.1 Å². The van der Waals surface area contributed by atoms with Crippen molar-refractivity contribution >= 4 is 5.97 Å². The second-order valence-electron chi connectivity index (χ2n) is 4.66. The lowest BCUT2D eigenvalue weighted by atomic mass is 10.2. The molecule has 0 atom stereocenters. The van der Waals surface area contributed by atoms with Crippen molar-refractivity contribution in [3.8, 4) is 0 Å². The molecular formula is C14H21N5O2. The molecule has 0 aliphatic rings. The van der Waals surface area contributed by atoms with Gasteiger partial charge in [0, 0.05) is 19.9 Å². The van der Waals surface area contributed by atoms with Gasteiger partial charge in [0.15, 0.2) is 5.82 Å². The van der Waals surface area contributed by atoms with Crippen LogP contribution in [0.5, 0.6) is 0 Å². The van der Waals surface area contributed by atoms with Crippen LogP contribution in [0.1, 0.15) is 48.5 Å². The van der Waals surface area contributed by atoms with E-state index in [0.717, 1.165) is 30.2 Å². The van der Waals surface area contributed by atoms with E-state index in [9.17, 15) is 4.79 Å². The molecule has 2 rings (SSSR count). The van der Waals surface area contributed by atoms with E-state index in [4.69, 9.17) is 4.74 Å². The van der Waals surface area contributed by atoms with Crippen molar-refractivity contribution in [1.29, 1.82) is 0 Å². The summed E-state index contributed by atoms with van der Waals surface area (Å²) < 4.78 is 8.58. The maximum absolute atomic E-state index is 12.0. The highest BCUT2D eigenvalue weighted by Crippen LogP contribution is 2.13. The van der Waals surface area contributed by atoms with Crippen LogP contribution >= 0.6 is 0 Å². The number of nitrogens with zero attached hydrogens (tertiary/aromatic N) is 5. The van der Waals surface area contributed by atoms with Crippen molar-refractivity contribution in [1.82, 2.24) is 24.5 Å². The first-order valence-corrected chi connectivity index (χ1v) is 7.21. The molecule has 0 saturated carbocycles. The van der Waals surface area contributed by atoms with Crippen LogP contribution in [0.25, 0.3) is 0 Å². The number of carbonyl (C=O) groups excluding carboxylic acids is 1. The molecule has 7 nitrogen and oxygen atoms in total. The molecule has 0 spiro atoms. The van der Waals surface area contributed by atoms with Crippen LogP contribution in [0.4, 0.5) is 0 Å². The Morgan fingerprint density at radius 2 is 2.05 bits per heavy atom. The van der Waals surface area contributed by atoms with E-state index in [-0.39, 0.29) is 5.97 Å². The molecule has 2 aromatic heterocycles. The fourth-order valence-corrected chi connectivity index (χ4v) is 2.14. The molecule has 0 aliphatic carbocycles. The monoisotopic (exact) mass is 291 g/mol. The Bertz CT molecular complexity index is 629. The minimum absolute atomic E-state index is 0.344. The number of hydrogen-bond donors (Lipinski definition) is 0. The molecule has 114 valence electrons. The second kappa shape index (κ2) is 6.51. The minimum Gasteiger partial charge on any atom is -0.462 e. The summed E-state index contributed by atoms with van der Waals surface area (Å²) in [6.45, 7) is 6.65. The van der Waals surface area contributed by atoms with Gasteiger partial charge in [-0.15, -0.1) is 0 Å². The molecule has 0 unspecified atom stereocenters. The molecule has 0 N–H and O–H groups in total. The van der Waals surface area contributed by atoms with E-state index < -0.39 is 0 Å². The summed E-state index contributed by atoms with van der Waals surface area (Å²) >= 11 is 0. The van der Waals surface area contributed by atoms with Gasteiger partial charge in [-0.05, 0) is 6.92 Å². The standard InChI is InChI=1S/C14H21N5O2/c1-5-12-16-13(6-2)19(17-12)9-11-10(8-15-18(11)4)14(20)21-7-3/h8H,5-7,9H2,1-4H3. The van der Waals surface area contributed by atoms with Crippen LogP contribution < -0.4 is 0 Å². The zero-order valence-electron chi connectivity index (χ0n) is 13.0. The molecule has 0 amide bonds. The van der Waals surface area contributed by atoms with E-state index in [1.807, 2.05) is 18.5 Å². The third kappa shape index (κ3) is 3.12. The average molecular weight is 291 g/mol. The Labute approximate surface area is 123 Å². The van der Waals surface area contributed by atoms with Gasteiger partial charge in [-0.1, -0.05) is 13.8 Å². The number of carbonyl (C=O) groups is 1. The summed E-state index contributed by atoms with van der Waals surface area (Å²) in [6, 6.07) is 0. The first-order chi connectivity index (χ1) is 10.1. The fraction of sp³-hybridized carbons (Fsp3) is 0.571. The Morgan fingerprint density at radius 3 is 2.67 bits per heavy atom. The molecule has 0 aliphatic heterocycles. The topological polar surface area (TPSA) is 74.8 Å². The summed E-state index contributed by atoms with van der Waals surface area (Å²) in [4.78, 5) is 16.4. The molecule has 2 heterocycles. The highest BCUT2D eigenvalue weighted by atomic mass is 16.5. The average Bonchev–Trinajstić information content (AvgIpc) is 3.04. The Hall–Kier alpha value is -2.18. The van der Waals surface area contributed by atoms with Crippen molar-refractivity contribution in [2.24, 2.45) is 7.05 Å². The van der Waals surface area contributed by atoms with Crippen molar-refractivity contribution in [3.63, 3.8) is 0 Å².